The lowest BCUT2D eigenvalue weighted by atomic mass is 9.85. The van der Waals surface area contributed by atoms with Crippen LogP contribution in [0.4, 0.5) is 0 Å². The average molecular weight is 332 g/mol. The zero-order valence-corrected chi connectivity index (χ0v) is 14.7. The quantitative estimate of drug-likeness (QED) is 0.778. The molecule has 0 unspecified atom stereocenters. The summed E-state index contributed by atoms with van der Waals surface area (Å²) in [5, 5.41) is 3.09. The number of aryl methyl sites for hydroxylation is 1. The molecule has 0 spiro atoms. The molecule has 1 N–H and O–H groups in total. The normalized spacial score (nSPS) is 24.2. The van der Waals surface area contributed by atoms with Gasteiger partial charge in [-0.15, -0.1) is 0 Å². The van der Waals surface area contributed by atoms with E-state index in [1.807, 2.05) is 16.5 Å². The Bertz CT molecular complexity index is 594. The highest BCUT2D eigenvalue weighted by Gasteiger charge is 2.47. The smallest absolute Gasteiger partial charge is 0.225 e. The molecule has 6 nitrogen and oxygen atoms in total. The minimum atomic E-state index is -0.183. The molecule has 0 aromatic carbocycles. The first-order chi connectivity index (χ1) is 11.6. The van der Waals surface area contributed by atoms with Gasteiger partial charge in [-0.2, -0.15) is 0 Å². The number of nitrogens with one attached hydrogen (secondary N) is 1. The maximum atomic E-state index is 12.8. The van der Waals surface area contributed by atoms with E-state index in [1.165, 1.54) is 0 Å². The summed E-state index contributed by atoms with van der Waals surface area (Å²) >= 11 is 0. The third kappa shape index (κ3) is 3.47. The first kappa shape index (κ1) is 17.0. The number of nitrogens with zero attached hydrogens (tertiary/aromatic N) is 3. The maximum Gasteiger partial charge on any atom is 0.225 e. The van der Waals surface area contributed by atoms with E-state index < -0.39 is 0 Å². The Hall–Kier alpha value is -1.85. The van der Waals surface area contributed by atoms with Crippen molar-refractivity contribution in [2.75, 3.05) is 6.54 Å². The molecule has 1 aromatic heterocycles. The molecule has 2 fully saturated rings. The molecule has 3 rings (SSSR count). The molecular weight excluding hydrogens is 304 g/mol. The van der Waals surface area contributed by atoms with Gasteiger partial charge in [0.2, 0.25) is 11.8 Å². The van der Waals surface area contributed by atoms with Crippen LogP contribution < -0.4 is 5.32 Å². The number of unbranched alkanes of at least 4 members (excludes halogenated alkanes) is 2. The molecular formula is C18H28N4O2. The minimum absolute atomic E-state index is 0.0791. The summed E-state index contributed by atoms with van der Waals surface area (Å²) in [4.78, 5) is 31.5. The van der Waals surface area contributed by atoms with Gasteiger partial charge in [0.15, 0.2) is 0 Å². The number of amides is 2. The lowest BCUT2D eigenvalue weighted by molar-refractivity contribution is -0.144. The minimum Gasteiger partial charge on any atom is -0.356 e. The van der Waals surface area contributed by atoms with Crippen LogP contribution >= 0.6 is 0 Å². The molecule has 0 radical (unpaired) electrons. The Labute approximate surface area is 143 Å². The van der Waals surface area contributed by atoms with E-state index in [4.69, 9.17) is 0 Å². The van der Waals surface area contributed by atoms with Crippen molar-refractivity contribution in [1.82, 2.24) is 19.8 Å². The summed E-state index contributed by atoms with van der Waals surface area (Å²) in [5.41, 5.74) is 0.962. The van der Waals surface area contributed by atoms with Gasteiger partial charge in [0.05, 0.1) is 30.2 Å². The summed E-state index contributed by atoms with van der Waals surface area (Å²) in [6, 6.07) is 0.116. The van der Waals surface area contributed by atoms with Gasteiger partial charge in [0, 0.05) is 26.1 Å². The molecule has 1 saturated carbocycles. The number of carbonyl (C=O) groups excluding carboxylic acids is 2. The van der Waals surface area contributed by atoms with Crippen molar-refractivity contribution in [2.45, 2.75) is 64.0 Å². The van der Waals surface area contributed by atoms with Gasteiger partial charge in [-0.1, -0.05) is 19.8 Å². The van der Waals surface area contributed by atoms with E-state index in [0.717, 1.165) is 44.3 Å². The Morgan fingerprint density at radius 1 is 1.33 bits per heavy atom. The Morgan fingerprint density at radius 3 is 2.75 bits per heavy atom. The van der Waals surface area contributed by atoms with Crippen molar-refractivity contribution in [2.24, 2.45) is 13.0 Å². The third-order valence-corrected chi connectivity index (χ3v) is 5.15. The topological polar surface area (TPSA) is 67.2 Å². The molecule has 1 aromatic rings. The van der Waals surface area contributed by atoms with E-state index in [1.54, 1.807) is 12.5 Å². The second-order valence-corrected chi connectivity index (χ2v) is 7.05. The van der Waals surface area contributed by atoms with E-state index in [-0.39, 0.29) is 23.8 Å². The number of aromatic nitrogens is 2. The number of hydrogen-bond acceptors (Lipinski definition) is 3. The molecule has 2 atom stereocenters. The second-order valence-electron chi connectivity index (χ2n) is 7.05. The molecule has 1 aliphatic heterocycles. The van der Waals surface area contributed by atoms with Gasteiger partial charge in [0.25, 0.3) is 0 Å². The maximum absolute atomic E-state index is 12.8. The van der Waals surface area contributed by atoms with Crippen LogP contribution in [0.1, 0.15) is 63.6 Å². The molecule has 0 bridgehead atoms. The molecule has 132 valence electrons. The van der Waals surface area contributed by atoms with Gasteiger partial charge in [-0.25, -0.2) is 4.98 Å². The Balaban J connectivity index is 1.79. The number of likely N-dealkylation sites (tertiary alicyclic amines) is 1. The highest BCUT2D eigenvalue weighted by molar-refractivity contribution is 5.85. The van der Waals surface area contributed by atoms with Crippen molar-refractivity contribution >= 4 is 11.8 Å². The Kier molecular flexibility index (Phi) is 5.21. The summed E-state index contributed by atoms with van der Waals surface area (Å²) in [6.07, 6.45) is 10.0. The van der Waals surface area contributed by atoms with Crippen molar-refractivity contribution in [3.63, 3.8) is 0 Å². The SMILES string of the molecule is CCCCCNC(=O)[C@@H]1CCC(=O)N(C2CC2)[C@H]1c1cncn1C. The number of hydrogen-bond donors (Lipinski definition) is 1. The highest BCUT2D eigenvalue weighted by Crippen LogP contribution is 2.43. The van der Waals surface area contributed by atoms with Gasteiger partial charge < -0.3 is 14.8 Å². The molecule has 2 amide bonds. The zero-order valence-electron chi connectivity index (χ0n) is 14.7. The van der Waals surface area contributed by atoms with Gasteiger partial charge >= 0.3 is 0 Å². The Morgan fingerprint density at radius 2 is 2.12 bits per heavy atom. The number of rotatable bonds is 7. The molecule has 2 aliphatic rings. The first-order valence-electron chi connectivity index (χ1n) is 9.18. The van der Waals surface area contributed by atoms with Crippen molar-refractivity contribution in [3.05, 3.63) is 18.2 Å². The number of piperidine rings is 1. The molecule has 6 heteroatoms. The fourth-order valence-corrected chi connectivity index (χ4v) is 3.69. The molecule has 2 heterocycles. The van der Waals surface area contributed by atoms with Gasteiger partial charge in [-0.05, 0) is 25.7 Å². The van der Waals surface area contributed by atoms with Crippen LogP contribution in [0.25, 0.3) is 0 Å². The molecule has 1 saturated heterocycles. The van der Waals surface area contributed by atoms with Crippen molar-refractivity contribution < 1.29 is 9.59 Å². The standard InChI is InChI=1S/C18H28N4O2/c1-3-4-5-10-20-18(24)14-8-9-16(23)22(13-6-7-13)17(14)15-11-19-12-21(15)2/h11-14,17H,3-10H2,1-2H3,(H,20,24)/t14-,17-/m1/s1. The van der Waals surface area contributed by atoms with E-state index in [2.05, 4.69) is 17.2 Å². The lowest BCUT2D eigenvalue weighted by Crippen LogP contribution is -2.49. The molecule has 24 heavy (non-hydrogen) atoms. The van der Waals surface area contributed by atoms with Crippen molar-refractivity contribution in [1.29, 1.82) is 0 Å². The van der Waals surface area contributed by atoms with Crippen LogP contribution in [0.3, 0.4) is 0 Å². The number of carbonyl (C=O) groups is 2. The van der Waals surface area contributed by atoms with Crippen LogP contribution in [0.5, 0.6) is 0 Å². The first-order valence-corrected chi connectivity index (χ1v) is 9.18. The largest absolute Gasteiger partial charge is 0.356 e. The van der Waals surface area contributed by atoms with E-state index in [9.17, 15) is 9.59 Å². The van der Waals surface area contributed by atoms with Crippen LogP contribution in [0.2, 0.25) is 0 Å². The lowest BCUT2D eigenvalue weighted by Gasteiger charge is -2.40. The average Bonchev–Trinajstić information content (AvgIpc) is 3.32. The fourth-order valence-electron chi connectivity index (χ4n) is 3.69. The monoisotopic (exact) mass is 332 g/mol. The zero-order chi connectivity index (χ0) is 17.1. The predicted molar refractivity (Wildman–Crippen MR) is 91.1 cm³/mol. The van der Waals surface area contributed by atoms with Gasteiger partial charge in [-0.3, -0.25) is 9.59 Å². The summed E-state index contributed by atoms with van der Waals surface area (Å²) in [7, 11) is 1.93. The fraction of sp³-hybridized carbons (Fsp3) is 0.722. The van der Waals surface area contributed by atoms with Crippen LogP contribution in [-0.2, 0) is 16.6 Å². The van der Waals surface area contributed by atoms with E-state index >= 15 is 0 Å². The summed E-state index contributed by atoms with van der Waals surface area (Å²) in [6.45, 7) is 2.87. The van der Waals surface area contributed by atoms with E-state index in [0.29, 0.717) is 18.9 Å². The van der Waals surface area contributed by atoms with Crippen molar-refractivity contribution in [3.8, 4) is 0 Å². The highest BCUT2D eigenvalue weighted by atomic mass is 16.2. The summed E-state index contributed by atoms with van der Waals surface area (Å²) < 4.78 is 1.94. The predicted octanol–water partition coefficient (Wildman–Crippen LogP) is 2.17. The number of imidazole rings is 1. The third-order valence-electron chi connectivity index (χ3n) is 5.15. The van der Waals surface area contributed by atoms with Crippen LogP contribution in [0.15, 0.2) is 12.5 Å². The van der Waals surface area contributed by atoms with Crippen LogP contribution in [0, 0.1) is 5.92 Å². The van der Waals surface area contributed by atoms with Gasteiger partial charge in [0.1, 0.15) is 0 Å². The second kappa shape index (κ2) is 7.36. The summed E-state index contributed by atoms with van der Waals surface area (Å²) in [5.74, 6) is 0.0783. The van der Waals surface area contributed by atoms with Crippen LogP contribution in [-0.4, -0.2) is 38.9 Å². The molecule has 1 aliphatic carbocycles.